The summed E-state index contributed by atoms with van der Waals surface area (Å²) in [6.45, 7) is 1.01. The van der Waals surface area contributed by atoms with Crippen molar-refractivity contribution in [3.8, 4) is 6.07 Å². The van der Waals surface area contributed by atoms with Gasteiger partial charge in [-0.05, 0) is 47.8 Å². The van der Waals surface area contributed by atoms with E-state index in [0.717, 1.165) is 24.9 Å². The van der Waals surface area contributed by atoms with Crippen molar-refractivity contribution < 1.29 is 0 Å². The molecule has 0 amide bonds. The van der Waals surface area contributed by atoms with Crippen LogP contribution in [0.15, 0.2) is 47.7 Å². The Kier molecular flexibility index (Phi) is 2.02. The maximum atomic E-state index is 9.15. The minimum Gasteiger partial charge on any atom is -0.385 e. The first-order valence-corrected chi connectivity index (χ1v) is 6.71. The molecule has 1 atom stereocenters. The first kappa shape index (κ1) is 10.6. The van der Waals surface area contributed by atoms with Crippen LogP contribution in [0.2, 0.25) is 0 Å². The molecule has 0 radical (unpaired) electrons. The van der Waals surface area contributed by atoms with E-state index in [1.807, 2.05) is 6.07 Å². The summed E-state index contributed by atoms with van der Waals surface area (Å²) in [5.74, 6) is 0. The lowest BCUT2D eigenvalue weighted by Gasteiger charge is -2.46. The number of nitrogens with one attached hydrogen (secondary N) is 1. The van der Waals surface area contributed by atoms with E-state index < -0.39 is 0 Å². The van der Waals surface area contributed by atoms with Crippen LogP contribution in [0.1, 0.15) is 29.5 Å². The quantitative estimate of drug-likeness (QED) is 0.763. The van der Waals surface area contributed by atoms with Crippen molar-refractivity contribution in [1.82, 2.24) is 5.32 Å². The summed E-state index contributed by atoms with van der Waals surface area (Å²) in [6.07, 6.45) is 11.0. The lowest BCUT2D eigenvalue weighted by atomic mass is 9.61. The van der Waals surface area contributed by atoms with E-state index in [1.165, 1.54) is 22.4 Å². The Morgan fingerprint density at radius 3 is 3.16 bits per heavy atom. The predicted molar refractivity (Wildman–Crippen MR) is 75.3 cm³/mol. The first-order chi connectivity index (χ1) is 9.33. The van der Waals surface area contributed by atoms with E-state index in [4.69, 9.17) is 5.26 Å². The number of hydrogen-bond acceptors (Lipinski definition) is 2. The number of allylic oxidation sites excluding steroid dienone is 4. The fourth-order valence-corrected chi connectivity index (χ4v) is 3.63. The number of nitriles is 1. The molecule has 0 spiro atoms. The van der Waals surface area contributed by atoms with Crippen LogP contribution in [0.25, 0.3) is 6.08 Å². The van der Waals surface area contributed by atoms with Gasteiger partial charge in [-0.3, -0.25) is 0 Å². The molecule has 0 saturated carbocycles. The van der Waals surface area contributed by atoms with Crippen LogP contribution < -0.4 is 5.32 Å². The van der Waals surface area contributed by atoms with Crippen LogP contribution in [-0.2, 0) is 5.41 Å². The van der Waals surface area contributed by atoms with Crippen molar-refractivity contribution in [1.29, 1.82) is 5.26 Å². The standard InChI is InChI=1S/C17H14N2/c18-11-12-4-5-13-10-16-14-3-1-2-6-17(14,7-8-19-16)15(13)9-12/h1-5,9-10,19H,6-8H2. The Morgan fingerprint density at radius 1 is 1.32 bits per heavy atom. The summed E-state index contributed by atoms with van der Waals surface area (Å²) in [6, 6.07) is 8.35. The average molecular weight is 246 g/mol. The Bertz CT molecular complexity index is 700. The van der Waals surface area contributed by atoms with Gasteiger partial charge in [0.15, 0.2) is 0 Å². The summed E-state index contributed by atoms with van der Waals surface area (Å²) in [5, 5.41) is 12.7. The van der Waals surface area contributed by atoms with Crippen molar-refractivity contribution in [3.63, 3.8) is 0 Å². The zero-order chi connectivity index (χ0) is 12.9. The summed E-state index contributed by atoms with van der Waals surface area (Å²) in [5.41, 5.74) is 6.09. The van der Waals surface area contributed by atoms with Crippen LogP contribution in [0, 0.1) is 11.3 Å². The third-order valence-electron chi connectivity index (χ3n) is 4.54. The SMILES string of the molecule is N#Cc1ccc2c(c1)C13CC=CC=C1C(=C2)NCC3. The highest BCUT2D eigenvalue weighted by Gasteiger charge is 2.43. The number of benzene rings is 1. The Balaban J connectivity index is 2.04. The largest absolute Gasteiger partial charge is 0.385 e. The molecular weight excluding hydrogens is 232 g/mol. The fourth-order valence-electron chi connectivity index (χ4n) is 3.63. The molecule has 2 heteroatoms. The molecule has 1 heterocycles. The van der Waals surface area contributed by atoms with Crippen molar-refractivity contribution in [2.45, 2.75) is 18.3 Å². The highest BCUT2D eigenvalue weighted by molar-refractivity contribution is 5.73. The molecule has 19 heavy (non-hydrogen) atoms. The van der Waals surface area contributed by atoms with Crippen molar-refractivity contribution in [3.05, 3.63) is 64.4 Å². The second-order valence-corrected chi connectivity index (χ2v) is 5.44. The van der Waals surface area contributed by atoms with Crippen LogP contribution in [0.5, 0.6) is 0 Å². The smallest absolute Gasteiger partial charge is 0.0991 e. The zero-order valence-electron chi connectivity index (χ0n) is 10.6. The van der Waals surface area contributed by atoms with Crippen molar-refractivity contribution in [2.75, 3.05) is 6.54 Å². The van der Waals surface area contributed by atoms with Crippen LogP contribution in [0.4, 0.5) is 0 Å². The molecule has 1 saturated heterocycles. The van der Waals surface area contributed by atoms with Gasteiger partial charge >= 0.3 is 0 Å². The molecule has 1 aromatic carbocycles. The van der Waals surface area contributed by atoms with Gasteiger partial charge in [0.05, 0.1) is 11.6 Å². The van der Waals surface area contributed by atoms with Gasteiger partial charge in [0, 0.05) is 17.7 Å². The number of nitrogens with zero attached hydrogens (tertiary/aromatic N) is 1. The third kappa shape index (κ3) is 1.30. The van der Waals surface area contributed by atoms with Gasteiger partial charge in [0.25, 0.3) is 0 Å². The van der Waals surface area contributed by atoms with E-state index in [2.05, 4.69) is 47.8 Å². The number of hydrogen-bond donors (Lipinski definition) is 1. The molecule has 1 aliphatic heterocycles. The molecule has 4 rings (SSSR count). The van der Waals surface area contributed by atoms with Gasteiger partial charge in [-0.15, -0.1) is 0 Å². The lowest BCUT2D eigenvalue weighted by Crippen LogP contribution is -2.43. The molecule has 0 aromatic heterocycles. The van der Waals surface area contributed by atoms with Gasteiger partial charge < -0.3 is 5.32 Å². The third-order valence-corrected chi connectivity index (χ3v) is 4.54. The monoisotopic (exact) mass is 246 g/mol. The second kappa shape index (κ2) is 3.61. The van der Waals surface area contributed by atoms with Gasteiger partial charge in [-0.25, -0.2) is 0 Å². The molecule has 1 fully saturated rings. The van der Waals surface area contributed by atoms with Gasteiger partial charge in [0.2, 0.25) is 0 Å². The highest BCUT2D eigenvalue weighted by Crippen LogP contribution is 2.50. The summed E-state index contributed by atoms with van der Waals surface area (Å²) >= 11 is 0. The highest BCUT2D eigenvalue weighted by atomic mass is 14.9. The van der Waals surface area contributed by atoms with Gasteiger partial charge in [-0.1, -0.05) is 24.3 Å². The predicted octanol–water partition coefficient (Wildman–Crippen LogP) is 3.03. The molecule has 3 aliphatic rings. The summed E-state index contributed by atoms with van der Waals surface area (Å²) in [7, 11) is 0. The molecule has 1 aromatic rings. The Morgan fingerprint density at radius 2 is 2.26 bits per heavy atom. The maximum absolute atomic E-state index is 9.15. The number of piperidine rings is 1. The average Bonchev–Trinajstić information content (AvgIpc) is 2.47. The lowest BCUT2D eigenvalue weighted by molar-refractivity contribution is 0.418. The normalized spacial score (nSPS) is 26.3. The molecule has 1 N–H and O–H groups in total. The van der Waals surface area contributed by atoms with Crippen LogP contribution >= 0.6 is 0 Å². The van der Waals surface area contributed by atoms with E-state index in [0.29, 0.717) is 0 Å². The van der Waals surface area contributed by atoms with Crippen LogP contribution in [-0.4, -0.2) is 6.54 Å². The zero-order valence-corrected chi connectivity index (χ0v) is 10.6. The molecule has 1 unspecified atom stereocenters. The molecule has 2 aliphatic carbocycles. The summed E-state index contributed by atoms with van der Waals surface area (Å²) < 4.78 is 0. The Labute approximate surface area is 112 Å². The maximum Gasteiger partial charge on any atom is 0.0991 e. The van der Waals surface area contributed by atoms with Gasteiger partial charge in [0.1, 0.15) is 0 Å². The van der Waals surface area contributed by atoms with Crippen molar-refractivity contribution >= 4 is 6.08 Å². The van der Waals surface area contributed by atoms with E-state index in [9.17, 15) is 0 Å². The Hall–Kier alpha value is -2.27. The van der Waals surface area contributed by atoms with Crippen LogP contribution in [0.3, 0.4) is 0 Å². The second-order valence-electron chi connectivity index (χ2n) is 5.44. The molecule has 92 valence electrons. The summed E-state index contributed by atoms with van der Waals surface area (Å²) in [4.78, 5) is 0. The fraction of sp³-hybridized carbons (Fsp3) is 0.235. The first-order valence-electron chi connectivity index (χ1n) is 6.71. The minimum atomic E-state index is 0.0896. The van der Waals surface area contributed by atoms with E-state index >= 15 is 0 Å². The van der Waals surface area contributed by atoms with Gasteiger partial charge in [-0.2, -0.15) is 5.26 Å². The minimum absolute atomic E-state index is 0.0896. The van der Waals surface area contributed by atoms with E-state index in [1.54, 1.807) is 0 Å². The van der Waals surface area contributed by atoms with Crippen molar-refractivity contribution in [2.24, 2.45) is 0 Å². The molecule has 2 bridgehead atoms. The molecular formula is C17H14N2. The number of fused-ring (bicyclic) bond motifs is 1. The van der Waals surface area contributed by atoms with E-state index in [-0.39, 0.29) is 5.41 Å². The molecule has 2 nitrogen and oxygen atoms in total. The topological polar surface area (TPSA) is 35.8 Å². The number of rotatable bonds is 0.